The first-order valence-electron chi connectivity index (χ1n) is 4.07. The van der Waals surface area contributed by atoms with Gasteiger partial charge in [-0.3, -0.25) is 9.78 Å². The summed E-state index contributed by atoms with van der Waals surface area (Å²) in [5, 5.41) is 0. The molecule has 1 N–H and O–H groups in total. The van der Waals surface area contributed by atoms with Crippen molar-refractivity contribution in [3.63, 3.8) is 0 Å². The molecule has 0 aromatic carbocycles. The zero-order chi connectivity index (χ0) is 13.4. The van der Waals surface area contributed by atoms with Crippen LogP contribution in [-0.2, 0) is 6.18 Å². The van der Waals surface area contributed by atoms with Gasteiger partial charge in [0.25, 0.3) is 5.56 Å². The van der Waals surface area contributed by atoms with Gasteiger partial charge >= 0.3 is 12.5 Å². The Hall–Kier alpha value is -1.67. The van der Waals surface area contributed by atoms with Gasteiger partial charge in [0.2, 0.25) is 5.88 Å². The van der Waals surface area contributed by atoms with Crippen LogP contribution in [0.5, 0.6) is 5.88 Å². The standard InChI is InChI=1S/C8H5F6NO2/c1-3-4(7(9,10)11)2-5(15-6(3)16)17-8(12,13)14/h2H,1H3,(H,15,16). The van der Waals surface area contributed by atoms with Crippen molar-refractivity contribution in [3.8, 4) is 5.88 Å². The second kappa shape index (κ2) is 3.97. The summed E-state index contributed by atoms with van der Waals surface area (Å²) in [5.41, 5.74) is -3.49. The molecule has 9 heteroatoms. The monoisotopic (exact) mass is 261 g/mol. The number of ether oxygens (including phenoxy) is 1. The smallest absolute Gasteiger partial charge is 0.390 e. The van der Waals surface area contributed by atoms with E-state index in [-0.39, 0.29) is 6.07 Å². The highest BCUT2D eigenvalue weighted by molar-refractivity contribution is 5.30. The van der Waals surface area contributed by atoms with Gasteiger partial charge < -0.3 is 4.74 Å². The van der Waals surface area contributed by atoms with E-state index in [1.165, 1.54) is 0 Å². The second-order valence-corrected chi connectivity index (χ2v) is 3.05. The average Bonchev–Trinajstić information content (AvgIpc) is 2.06. The average molecular weight is 261 g/mol. The van der Waals surface area contributed by atoms with Crippen molar-refractivity contribution in [1.29, 1.82) is 0 Å². The fraction of sp³-hybridized carbons (Fsp3) is 0.375. The fourth-order valence-electron chi connectivity index (χ4n) is 1.08. The van der Waals surface area contributed by atoms with Gasteiger partial charge in [-0.25, -0.2) is 0 Å². The molecular weight excluding hydrogens is 256 g/mol. The van der Waals surface area contributed by atoms with Crippen molar-refractivity contribution in [3.05, 3.63) is 27.5 Å². The van der Waals surface area contributed by atoms with Crippen LogP contribution in [0.2, 0.25) is 0 Å². The van der Waals surface area contributed by atoms with Crippen LogP contribution < -0.4 is 10.3 Å². The molecule has 0 saturated heterocycles. The topological polar surface area (TPSA) is 42.1 Å². The van der Waals surface area contributed by atoms with Gasteiger partial charge in [-0.15, -0.1) is 13.2 Å². The van der Waals surface area contributed by atoms with Crippen molar-refractivity contribution in [2.75, 3.05) is 0 Å². The molecule has 0 saturated carbocycles. The van der Waals surface area contributed by atoms with Crippen molar-refractivity contribution in [1.82, 2.24) is 4.98 Å². The van der Waals surface area contributed by atoms with Crippen LogP contribution in [0.3, 0.4) is 0 Å². The summed E-state index contributed by atoms with van der Waals surface area (Å²) < 4.78 is 75.6. The molecule has 0 unspecified atom stereocenters. The third-order valence-electron chi connectivity index (χ3n) is 1.79. The molecule has 96 valence electrons. The van der Waals surface area contributed by atoms with E-state index in [0.717, 1.165) is 6.92 Å². The number of aromatic nitrogens is 1. The Morgan fingerprint density at radius 1 is 1.18 bits per heavy atom. The van der Waals surface area contributed by atoms with E-state index in [9.17, 15) is 31.1 Å². The Morgan fingerprint density at radius 2 is 1.71 bits per heavy atom. The van der Waals surface area contributed by atoms with E-state index in [1.807, 2.05) is 0 Å². The molecule has 0 aliphatic rings. The molecular formula is C8H5F6NO2. The van der Waals surface area contributed by atoms with E-state index in [4.69, 9.17) is 0 Å². The van der Waals surface area contributed by atoms with Gasteiger partial charge in [0, 0.05) is 11.6 Å². The number of pyridine rings is 1. The predicted molar refractivity (Wildman–Crippen MR) is 43.5 cm³/mol. The van der Waals surface area contributed by atoms with Gasteiger partial charge in [0.1, 0.15) is 0 Å². The predicted octanol–water partition coefficient (Wildman–Crippen LogP) is 2.60. The Balaban J connectivity index is 3.30. The lowest BCUT2D eigenvalue weighted by Gasteiger charge is -2.13. The first-order chi connectivity index (χ1) is 7.50. The SMILES string of the molecule is Cc1c(C(F)(F)F)cc(OC(F)(F)F)[nH]c1=O. The number of nitrogens with one attached hydrogen (secondary N) is 1. The number of halogens is 6. The molecule has 0 atom stereocenters. The molecule has 0 bridgehead atoms. The van der Waals surface area contributed by atoms with Crippen molar-refractivity contribution in [2.45, 2.75) is 19.5 Å². The van der Waals surface area contributed by atoms with Crippen LogP contribution in [0.25, 0.3) is 0 Å². The lowest BCUT2D eigenvalue weighted by Crippen LogP contribution is -2.23. The summed E-state index contributed by atoms with van der Waals surface area (Å²) in [7, 11) is 0. The summed E-state index contributed by atoms with van der Waals surface area (Å²) >= 11 is 0. The van der Waals surface area contributed by atoms with Crippen LogP contribution in [0, 0.1) is 6.92 Å². The van der Waals surface area contributed by atoms with Gasteiger partial charge in [-0.2, -0.15) is 13.2 Å². The molecule has 3 nitrogen and oxygen atoms in total. The fourth-order valence-corrected chi connectivity index (χ4v) is 1.08. The first-order valence-corrected chi connectivity index (χ1v) is 4.07. The van der Waals surface area contributed by atoms with Crippen LogP contribution >= 0.6 is 0 Å². The lowest BCUT2D eigenvalue weighted by atomic mass is 10.1. The van der Waals surface area contributed by atoms with Gasteiger partial charge in [0.15, 0.2) is 0 Å². The zero-order valence-electron chi connectivity index (χ0n) is 8.16. The van der Waals surface area contributed by atoms with E-state index in [2.05, 4.69) is 4.74 Å². The largest absolute Gasteiger partial charge is 0.574 e. The Morgan fingerprint density at radius 3 is 2.12 bits per heavy atom. The number of alkyl halides is 6. The quantitative estimate of drug-likeness (QED) is 0.789. The maximum absolute atomic E-state index is 12.4. The minimum Gasteiger partial charge on any atom is -0.390 e. The maximum Gasteiger partial charge on any atom is 0.574 e. The van der Waals surface area contributed by atoms with E-state index < -0.39 is 35.1 Å². The van der Waals surface area contributed by atoms with Gasteiger partial charge in [-0.1, -0.05) is 0 Å². The second-order valence-electron chi connectivity index (χ2n) is 3.05. The molecule has 0 fully saturated rings. The Labute approximate surface area is 90.0 Å². The Bertz CT molecular complexity index is 472. The van der Waals surface area contributed by atoms with Gasteiger partial charge in [0.05, 0.1) is 5.56 Å². The molecule has 1 aromatic rings. The summed E-state index contributed by atoms with van der Waals surface area (Å²) in [6, 6.07) is 0.0875. The van der Waals surface area contributed by atoms with E-state index in [0.29, 0.717) is 0 Å². The minimum atomic E-state index is -5.18. The van der Waals surface area contributed by atoms with Gasteiger partial charge in [-0.05, 0) is 6.92 Å². The highest BCUT2D eigenvalue weighted by atomic mass is 19.4. The normalized spacial score (nSPS) is 12.6. The van der Waals surface area contributed by atoms with Crippen LogP contribution in [0.4, 0.5) is 26.3 Å². The van der Waals surface area contributed by atoms with Crippen LogP contribution in [-0.4, -0.2) is 11.3 Å². The molecule has 17 heavy (non-hydrogen) atoms. The van der Waals surface area contributed by atoms with E-state index in [1.54, 1.807) is 4.98 Å². The maximum atomic E-state index is 12.4. The third kappa shape index (κ3) is 3.40. The number of hydrogen-bond acceptors (Lipinski definition) is 2. The molecule has 1 heterocycles. The minimum absolute atomic E-state index is 0.0875. The molecule has 0 amide bonds. The molecule has 0 radical (unpaired) electrons. The molecule has 0 spiro atoms. The number of hydrogen-bond donors (Lipinski definition) is 1. The van der Waals surface area contributed by atoms with Crippen molar-refractivity contribution >= 4 is 0 Å². The first kappa shape index (κ1) is 13.4. The highest BCUT2D eigenvalue weighted by Gasteiger charge is 2.36. The molecule has 1 rings (SSSR count). The van der Waals surface area contributed by atoms with Crippen molar-refractivity contribution in [2.24, 2.45) is 0 Å². The highest BCUT2D eigenvalue weighted by Crippen LogP contribution is 2.32. The summed E-state index contributed by atoms with van der Waals surface area (Å²) in [6.07, 6.45) is -10.1. The molecule has 1 aromatic heterocycles. The number of aromatic amines is 1. The zero-order valence-corrected chi connectivity index (χ0v) is 8.16. The number of H-pyrrole nitrogens is 1. The molecule has 0 aliphatic heterocycles. The number of rotatable bonds is 1. The van der Waals surface area contributed by atoms with E-state index >= 15 is 0 Å². The van der Waals surface area contributed by atoms with Crippen molar-refractivity contribution < 1.29 is 31.1 Å². The summed E-state index contributed by atoms with van der Waals surface area (Å²) in [5.74, 6) is -1.31. The third-order valence-corrected chi connectivity index (χ3v) is 1.79. The van der Waals surface area contributed by atoms with Crippen LogP contribution in [0.15, 0.2) is 10.9 Å². The molecule has 0 aliphatic carbocycles. The Kier molecular flexibility index (Phi) is 3.13. The van der Waals surface area contributed by atoms with Crippen LogP contribution in [0.1, 0.15) is 11.1 Å². The summed E-state index contributed by atoms with van der Waals surface area (Å²) in [6.45, 7) is 0.846. The lowest BCUT2D eigenvalue weighted by molar-refractivity contribution is -0.276. The summed E-state index contributed by atoms with van der Waals surface area (Å²) in [4.78, 5) is 12.5.